The lowest BCUT2D eigenvalue weighted by molar-refractivity contribution is -0.509. The molecule has 1 unspecified atom stereocenters. The molecule has 0 amide bonds. The van der Waals surface area contributed by atoms with Crippen molar-refractivity contribution in [3.8, 4) is 0 Å². The van der Waals surface area contributed by atoms with E-state index in [4.69, 9.17) is 0 Å². The van der Waals surface area contributed by atoms with E-state index in [0.717, 1.165) is 0 Å². The van der Waals surface area contributed by atoms with E-state index in [2.05, 4.69) is 9.47 Å². The van der Waals surface area contributed by atoms with Crippen molar-refractivity contribution < 1.29 is 24.0 Å². The van der Waals surface area contributed by atoms with Crippen LogP contribution in [-0.2, 0) is 19.1 Å². The maximum Gasteiger partial charge on any atom is 0.382 e. The van der Waals surface area contributed by atoms with Gasteiger partial charge in [0, 0.05) is 4.92 Å². The Morgan fingerprint density at radius 1 is 1.27 bits per heavy atom. The molecule has 7 heteroatoms. The van der Waals surface area contributed by atoms with E-state index in [1.165, 1.54) is 6.92 Å². The molecular formula is C8H13NO6. The van der Waals surface area contributed by atoms with Gasteiger partial charge in [-0.3, -0.25) is 14.9 Å². The molecule has 0 N–H and O–H groups in total. The summed E-state index contributed by atoms with van der Waals surface area (Å²) in [6.45, 7) is 3.25. The van der Waals surface area contributed by atoms with Crippen molar-refractivity contribution in [1.82, 2.24) is 0 Å². The molecule has 0 aliphatic carbocycles. The van der Waals surface area contributed by atoms with Gasteiger partial charge in [-0.25, -0.2) is 4.79 Å². The molecule has 0 aliphatic heterocycles. The maximum absolute atomic E-state index is 11.1. The summed E-state index contributed by atoms with van der Waals surface area (Å²) in [4.78, 5) is 31.6. The van der Waals surface area contributed by atoms with Crippen LogP contribution in [0.5, 0.6) is 0 Å². The Morgan fingerprint density at radius 3 is 2.20 bits per heavy atom. The highest BCUT2D eigenvalue weighted by atomic mass is 16.9. The number of ether oxygens (including phenoxy) is 2. The fourth-order valence-corrected chi connectivity index (χ4v) is 0.860. The first kappa shape index (κ1) is 13.3. The van der Waals surface area contributed by atoms with E-state index < -0.39 is 29.3 Å². The van der Waals surface area contributed by atoms with Gasteiger partial charge in [-0.05, 0) is 13.8 Å². The average Bonchev–Trinajstić information content (AvgIpc) is 2.14. The van der Waals surface area contributed by atoms with Gasteiger partial charge >= 0.3 is 18.0 Å². The lowest BCUT2D eigenvalue weighted by atomic mass is 10.2. The Labute approximate surface area is 86.5 Å². The van der Waals surface area contributed by atoms with E-state index in [-0.39, 0.29) is 13.2 Å². The third kappa shape index (κ3) is 4.94. The number of hydrogen-bond donors (Lipinski definition) is 0. The minimum Gasteiger partial charge on any atom is -0.466 e. The molecule has 86 valence electrons. The highest BCUT2D eigenvalue weighted by Crippen LogP contribution is 2.02. The molecule has 0 aromatic carbocycles. The molecule has 0 saturated heterocycles. The van der Waals surface area contributed by atoms with Gasteiger partial charge in [0.05, 0.1) is 13.2 Å². The molecular weight excluding hydrogens is 207 g/mol. The Balaban J connectivity index is 4.34. The predicted molar refractivity (Wildman–Crippen MR) is 48.7 cm³/mol. The molecule has 0 bridgehead atoms. The second-order valence-corrected chi connectivity index (χ2v) is 2.56. The molecule has 0 aromatic rings. The van der Waals surface area contributed by atoms with Gasteiger partial charge in [0.1, 0.15) is 6.42 Å². The van der Waals surface area contributed by atoms with E-state index in [1.54, 1.807) is 6.92 Å². The smallest absolute Gasteiger partial charge is 0.382 e. The van der Waals surface area contributed by atoms with Crippen LogP contribution in [0.4, 0.5) is 0 Å². The van der Waals surface area contributed by atoms with E-state index in [1.807, 2.05) is 0 Å². The topological polar surface area (TPSA) is 95.7 Å². The van der Waals surface area contributed by atoms with Crippen molar-refractivity contribution >= 4 is 11.9 Å². The molecule has 7 nitrogen and oxygen atoms in total. The molecule has 1 atom stereocenters. The second-order valence-electron chi connectivity index (χ2n) is 2.56. The highest BCUT2D eigenvalue weighted by molar-refractivity contribution is 5.81. The molecule has 0 heterocycles. The summed E-state index contributed by atoms with van der Waals surface area (Å²) in [6, 6.07) is -1.68. The van der Waals surface area contributed by atoms with Crippen molar-refractivity contribution in [2.24, 2.45) is 0 Å². The molecule has 15 heavy (non-hydrogen) atoms. The number of esters is 2. The monoisotopic (exact) mass is 220 g/mol. The van der Waals surface area contributed by atoms with Crippen molar-refractivity contribution in [2.75, 3.05) is 13.2 Å². The van der Waals surface area contributed by atoms with Gasteiger partial charge in [-0.2, -0.15) is 0 Å². The zero-order valence-electron chi connectivity index (χ0n) is 8.60. The van der Waals surface area contributed by atoms with Crippen LogP contribution in [0.1, 0.15) is 20.3 Å². The van der Waals surface area contributed by atoms with E-state index >= 15 is 0 Å². The Morgan fingerprint density at radius 2 is 1.80 bits per heavy atom. The third-order valence-electron chi connectivity index (χ3n) is 1.48. The number of rotatable bonds is 6. The average molecular weight is 220 g/mol. The Kier molecular flexibility index (Phi) is 6.00. The summed E-state index contributed by atoms with van der Waals surface area (Å²) < 4.78 is 8.96. The molecule has 0 rings (SSSR count). The summed E-state index contributed by atoms with van der Waals surface area (Å²) in [7, 11) is 0. The first-order chi connectivity index (χ1) is 7.02. The van der Waals surface area contributed by atoms with Crippen molar-refractivity contribution in [2.45, 2.75) is 26.3 Å². The molecule has 0 fully saturated rings. The van der Waals surface area contributed by atoms with Crippen LogP contribution in [-0.4, -0.2) is 36.1 Å². The summed E-state index contributed by atoms with van der Waals surface area (Å²) >= 11 is 0. The molecule has 0 aliphatic rings. The van der Waals surface area contributed by atoms with Crippen LogP contribution in [0.25, 0.3) is 0 Å². The van der Waals surface area contributed by atoms with Crippen LogP contribution < -0.4 is 0 Å². The summed E-state index contributed by atoms with van der Waals surface area (Å²) in [6.07, 6.45) is -0.598. The van der Waals surface area contributed by atoms with Gasteiger partial charge in [0.15, 0.2) is 0 Å². The highest BCUT2D eigenvalue weighted by Gasteiger charge is 2.34. The van der Waals surface area contributed by atoms with Gasteiger partial charge in [-0.15, -0.1) is 0 Å². The van der Waals surface area contributed by atoms with Crippen LogP contribution in [0, 0.1) is 10.1 Å². The first-order valence-corrected chi connectivity index (χ1v) is 4.48. The molecule has 0 aromatic heterocycles. The normalized spacial score (nSPS) is 11.6. The molecule has 0 radical (unpaired) electrons. The fraction of sp³-hybridized carbons (Fsp3) is 0.750. The van der Waals surface area contributed by atoms with Gasteiger partial charge in [-0.1, -0.05) is 0 Å². The zero-order chi connectivity index (χ0) is 11.8. The number of carbonyl (C=O) groups excluding carboxylic acids is 2. The SMILES string of the molecule is CCOC(=O)CC(C(=O)OCC)[15N+](=O)[O-]. The number of carbonyl (C=O) groups is 2. The summed E-state index contributed by atoms with van der Waals surface area (Å²) in [5.74, 6) is -1.80. The Bertz CT molecular complexity index is 252. The van der Waals surface area contributed by atoms with Crippen LogP contribution in [0.3, 0.4) is 0 Å². The minimum atomic E-state index is -1.68. The Hall–Kier alpha value is -1.66. The lowest BCUT2D eigenvalue weighted by Gasteiger charge is -2.07. The van der Waals surface area contributed by atoms with Crippen molar-refractivity contribution in [1.29, 1.82) is 0 Å². The van der Waals surface area contributed by atoms with Crippen LogP contribution in [0.2, 0.25) is 0 Å². The largest absolute Gasteiger partial charge is 0.466 e. The van der Waals surface area contributed by atoms with Gasteiger partial charge < -0.3 is 9.47 Å². The summed E-state index contributed by atoms with van der Waals surface area (Å²) in [5.41, 5.74) is 0. The van der Waals surface area contributed by atoms with Crippen molar-refractivity contribution in [3.05, 3.63) is 10.1 Å². The first-order valence-electron chi connectivity index (χ1n) is 4.48. The summed E-state index contributed by atoms with van der Waals surface area (Å²) in [5, 5.41) is 10.5. The van der Waals surface area contributed by atoms with E-state index in [9.17, 15) is 19.7 Å². The minimum absolute atomic E-state index is 0.0337. The molecule has 0 spiro atoms. The standard InChI is InChI=1S/C8H13NO6/c1-3-14-7(10)5-6(9(12)13)8(11)15-4-2/h6H,3-5H2,1-2H3/i9+1. The lowest BCUT2D eigenvalue weighted by Crippen LogP contribution is -2.34. The van der Waals surface area contributed by atoms with Crippen LogP contribution >= 0.6 is 0 Å². The number of nitrogens with zero attached hydrogens (tertiary/aromatic N) is 1. The maximum atomic E-state index is 11.1. The fourth-order valence-electron chi connectivity index (χ4n) is 0.860. The number of nitro groups is 1. The third-order valence-corrected chi connectivity index (χ3v) is 1.48. The van der Waals surface area contributed by atoms with Crippen LogP contribution in [0.15, 0.2) is 0 Å². The quantitative estimate of drug-likeness (QED) is 0.273. The van der Waals surface area contributed by atoms with E-state index in [0.29, 0.717) is 0 Å². The number of hydrogen-bond acceptors (Lipinski definition) is 6. The van der Waals surface area contributed by atoms with Gasteiger partial charge in [0.2, 0.25) is 0 Å². The molecule has 0 saturated carbocycles. The zero-order valence-corrected chi connectivity index (χ0v) is 8.60. The predicted octanol–water partition coefficient (Wildman–Crippen LogP) is 0.148. The van der Waals surface area contributed by atoms with Gasteiger partial charge in [0.25, 0.3) is 0 Å². The second kappa shape index (κ2) is 6.74. The van der Waals surface area contributed by atoms with Crippen molar-refractivity contribution in [3.63, 3.8) is 0 Å².